The zero-order valence-electron chi connectivity index (χ0n) is 30.6. The van der Waals surface area contributed by atoms with Crippen LogP contribution < -0.4 is 14.2 Å². The molecule has 1 saturated heterocycles. The first-order valence-corrected chi connectivity index (χ1v) is 20.3. The summed E-state index contributed by atoms with van der Waals surface area (Å²) in [5, 5.41) is 10.4. The number of phenols is 1. The van der Waals surface area contributed by atoms with Crippen LogP contribution in [0.25, 0.3) is 11.1 Å². The third kappa shape index (κ3) is 12.6. The van der Waals surface area contributed by atoms with Crippen LogP contribution in [0.5, 0.6) is 23.0 Å². The summed E-state index contributed by atoms with van der Waals surface area (Å²) in [7, 11) is -2.70. The van der Waals surface area contributed by atoms with E-state index >= 15 is 0 Å². The molecule has 276 valence electrons. The second-order valence-corrected chi connectivity index (χ2v) is 15.5. The zero-order chi connectivity index (χ0) is 35.5. The first-order chi connectivity index (χ1) is 24.4. The number of aryl methyl sites for hydroxylation is 1. The van der Waals surface area contributed by atoms with Gasteiger partial charge in [-0.1, -0.05) is 37.6 Å². The Balaban J connectivity index is 1.05. The van der Waals surface area contributed by atoms with Crippen molar-refractivity contribution in [2.45, 2.75) is 78.7 Å². The van der Waals surface area contributed by atoms with Crippen LogP contribution in [0.1, 0.15) is 71.8 Å². The average molecular weight is 711 g/mol. The molecule has 1 aliphatic heterocycles. The Morgan fingerprint density at radius 2 is 1.24 bits per heavy atom. The van der Waals surface area contributed by atoms with Gasteiger partial charge in [0.25, 0.3) is 0 Å². The molecule has 3 aromatic rings. The lowest BCUT2D eigenvalue weighted by Crippen LogP contribution is -2.46. The van der Waals surface area contributed by atoms with Crippen molar-refractivity contribution < 1.29 is 42.1 Å². The molecule has 4 rings (SSSR count). The number of ether oxygens (including phenoxy) is 5. The lowest BCUT2D eigenvalue weighted by molar-refractivity contribution is -0.133. The van der Waals surface area contributed by atoms with Crippen LogP contribution in [0, 0.1) is 5.41 Å². The van der Waals surface area contributed by atoms with Crippen LogP contribution in [0.4, 0.5) is 0 Å². The molecular weight excluding hydrogens is 653 g/mol. The van der Waals surface area contributed by atoms with E-state index in [2.05, 4.69) is 31.2 Å². The minimum atomic E-state index is -2.70. The molecule has 0 aliphatic carbocycles. The van der Waals surface area contributed by atoms with Crippen molar-refractivity contribution in [2.75, 3.05) is 59.6 Å². The van der Waals surface area contributed by atoms with Crippen molar-refractivity contribution in [3.63, 3.8) is 0 Å². The van der Waals surface area contributed by atoms with E-state index in [0.717, 1.165) is 85.7 Å². The molecule has 1 heterocycles. The van der Waals surface area contributed by atoms with E-state index in [4.69, 9.17) is 37.0 Å². The van der Waals surface area contributed by atoms with Crippen molar-refractivity contribution in [3.8, 4) is 34.1 Å². The van der Waals surface area contributed by atoms with Gasteiger partial charge in [-0.2, -0.15) is 0 Å². The highest BCUT2D eigenvalue weighted by Gasteiger charge is 2.40. The normalized spacial score (nSPS) is 13.9. The number of phenolic OH excluding ortho intramolecular Hbond substituents is 1. The van der Waals surface area contributed by atoms with Gasteiger partial charge in [0.05, 0.1) is 38.4 Å². The standard InChI is InChI=1S/C40H58O9Si/c1-5-40(29-43-30-40)31-45-36-19-15-33(16-20-36)34-17-21-37(22-18-34)46-32-42-25-11-9-10-12-26-44-38-23-24-39(41)35(28-38)14-13-27-50(47-6-2,48-7-3)49-8-4/h15-24,28,41H,5-14,25-27,29-32H2,1-4H3. The molecule has 0 atom stereocenters. The van der Waals surface area contributed by atoms with Crippen LogP contribution in [-0.4, -0.2) is 73.6 Å². The molecule has 10 heteroatoms. The molecule has 50 heavy (non-hydrogen) atoms. The maximum Gasteiger partial charge on any atom is 0.500 e. The second-order valence-electron chi connectivity index (χ2n) is 12.7. The maximum atomic E-state index is 10.4. The summed E-state index contributed by atoms with van der Waals surface area (Å²) in [6, 6.07) is 22.5. The SMILES string of the molecule is CCO[Si](CCCc1cc(OCCCCCCOCOc2ccc(-c3ccc(OCC4(CC)COC4)cc3)cc2)ccc1O)(OCC)OCC. The van der Waals surface area contributed by atoms with Crippen LogP contribution in [-0.2, 0) is 29.2 Å². The van der Waals surface area contributed by atoms with Gasteiger partial charge >= 0.3 is 8.80 Å². The Labute approximate surface area is 300 Å². The lowest BCUT2D eigenvalue weighted by Gasteiger charge is -2.40. The first kappa shape index (κ1) is 39.7. The topological polar surface area (TPSA) is 94.1 Å². The number of hydrogen-bond acceptors (Lipinski definition) is 9. The summed E-state index contributed by atoms with van der Waals surface area (Å²) >= 11 is 0. The Bertz CT molecular complexity index is 1340. The molecule has 1 N–H and O–H groups in total. The van der Waals surface area contributed by atoms with Gasteiger partial charge in [-0.3, -0.25) is 0 Å². The fourth-order valence-electron chi connectivity index (χ4n) is 5.87. The second kappa shape index (κ2) is 21.3. The number of unbranched alkanes of at least 4 members (excludes halogenated alkanes) is 3. The molecule has 0 bridgehead atoms. The Hall–Kier alpha value is -3.12. The third-order valence-electron chi connectivity index (χ3n) is 8.99. The monoisotopic (exact) mass is 710 g/mol. The lowest BCUT2D eigenvalue weighted by atomic mass is 9.84. The minimum Gasteiger partial charge on any atom is -0.508 e. The fourth-order valence-corrected chi connectivity index (χ4v) is 8.48. The highest BCUT2D eigenvalue weighted by Crippen LogP contribution is 2.33. The number of benzene rings is 3. The zero-order valence-corrected chi connectivity index (χ0v) is 31.6. The van der Waals surface area contributed by atoms with Gasteiger partial charge < -0.3 is 42.1 Å². The molecule has 9 nitrogen and oxygen atoms in total. The van der Waals surface area contributed by atoms with E-state index < -0.39 is 8.80 Å². The largest absolute Gasteiger partial charge is 0.508 e. The van der Waals surface area contributed by atoms with E-state index in [-0.39, 0.29) is 18.0 Å². The van der Waals surface area contributed by atoms with Crippen LogP contribution >= 0.6 is 0 Å². The van der Waals surface area contributed by atoms with Crippen molar-refractivity contribution >= 4 is 8.80 Å². The molecule has 1 aliphatic rings. The molecule has 0 saturated carbocycles. The summed E-state index contributed by atoms with van der Waals surface area (Å²) in [6.07, 6.45) is 6.59. The Morgan fingerprint density at radius 3 is 1.80 bits per heavy atom. The summed E-state index contributed by atoms with van der Waals surface area (Å²) < 4.78 is 46.8. The van der Waals surface area contributed by atoms with Gasteiger partial charge in [0, 0.05) is 25.9 Å². The van der Waals surface area contributed by atoms with Crippen molar-refractivity contribution in [2.24, 2.45) is 5.41 Å². The Morgan fingerprint density at radius 1 is 0.660 bits per heavy atom. The van der Waals surface area contributed by atoms with Crippen molar-refractivity contribution in [1.29, 1.82) is 0 Å². The predicted molar refractivity (Wildman–Crippen MR) is 198 cm³/mol. The molecule has 3 aromatic carbocycles. The highest BCUT2D eigenvalue weighted by atomic mass is 28.4. The van der Waals surface area contributed by atoms with Crippen LogP contribution in [0.3, 0.4) is 0 Å². The van der Waals surface area contributed by atoms with Crippen molar-refractivity contribution in [3.05, 3.63) is 72.3 Å². The van der Waals surface area contributed by atoms with E-state index in [1.54, 1.807) is 6.07 Å². The summed E-state index contributed by atoms with van der Waals surface area (Å²) in [6.45, 7) is 13.5. The van der Waals surface area contributed by atoms with Crippen molar-refractivity contribution in [1.82, 2.24) is 0 Å². The van der Waals surface area contributed by atoms with Gasteiger partial charge in [0.1, 0.15) is 23.0 Å². The molecule has 0 radical (unpaired) electrons. The molecule has 0 amide bonds. The van der Waals surface area contributed by atoms with E-state index in [0.29, 0.717) is 52.1 Å². The third-order valence-corrected chi connectivity index (χ3v) is 12.1. The summed E-state index contributed by atoms with van der Waals surface area (Å²) in [4.78, 5) is 0. The number of hydrogen-bond donors (Lipinski definition) is 1. The number of rotatable bonds is 26. The van der Waals surface area contributed by atoms with E-state index in [1.807, 2.05) is 57.2 Å². The van der Waals surface area contributed by atoms with Gasteiger partial charge in [0.15, 0.2) is 6.79 Å². The minimum absolute atomic E-state index is 0.173. The van der Waals surface area contributed by atoms with Crippen LogP contribution in [0.2, 0.25) is 6.04 Å². The molecule has 1 fully saturated rings. The molecule has 0 aromatic heterocycles. The highest BCUT2D eigenvalue weighted by molar-refractivity contribution is 6.60. The smallest absolute Gasteiger partial charge is 0.500 e. The maximum absolute atomic E-state index is 10.4. The Kier molecular flexibility index (Phi) is 16.9. The van der Waals surface area contributed by atoms with Gasteiger partial charge in [-0.15, -0.1) is 0 Å². The van der Waals surface area contributed by atoms with E-state index in [1.165, 1.54) is 0 Å². The first-order valence-electron chi connectivity index (χ1n) is 18.4. The predicted octanol–water partition coefficient (Wildman–Crippen LogP) is 8.84. The molecule has 0 unspecified atom stereocenters. The quantitative estimate of drug-likeness (QED) is 0.0498. The van der Waals surface area contributed by atoms with Gasteiger partial charge in [-0.05, 0) is 118 Å². The van der Waals surface area contributed by atoms with Gasteiger partial charge in [0.2, 0.25) is 0 Å². The average Bonchev–Trinajstić information content (AvgIpc) is 3.11. The van der Waals surface area contributed by atoms with Crippen LogP contribution in [0.15, 0.2) is 66.7 Å². The summed E-state index contributed by atoms with van der Waals surface area (Å²) in [5.41, 5.74) is 3.29. The van der Waals surface area contributed by atoms with E-state index in [9.17, 15) is 5.11 Å². The summed E-state index contributed by atoms with van der Waals surface area (Å²) in [5.74, 6) is 2.73. The van der Waals surface area contributed by atoms with Gasteiger partial charge in [-0.25, -0.2) is 0 Å². The molecular formula is C40H58O9Si. The number of aromatic hydroxyl groups is 1. The molecule has 0 spiro atoms. The fraction of sp³-hybridized carbons (Fsp3) is 0.550.